The van der Waals surface area contributed by atoms with Crippen molar-refractivity contribution < 1.29 is 66.2 Å². The van der Waals surface area contributed by atoms with E-state index in [0.717, 1.165) is 23.9 Å². The predicted molar refractivity (Wildman–Crippen MR) is 48.9 cm³/mol. The number of thioether (sulfide) groups is 1. The van der Waals surface area contributed by atoms with Gasteiger partial charge in [0, 0.05) is 11.0 Å². The predicted octanol–water partition coefficient (Wildman–Crippen LogP) is -2.46. The van der Waals surface area contributed by atoms with Crippen LogP contribution in [0.4, 0.5) is 5.69 Å². The zero-order valence-electron chi connectivity index (χ0n) is 8.17. The zero-order valence-corrected chi connectivity index (χ0v) is 12.1. The van der Waals surface area contributed by atoms with Gasteiger partial charge in [-0.3, -0.25) is 10.1 Å². The Bertz CT molecular complexity index is 472. The van der Waals surface area contributed by atoms with Crippen molar-refractivity contribution >= 4 is 23.4 Å². The second-order valence-corrected chi connectivity index (χ2v) is 3.27. The van der Waals surface area contributed by atoms with Gasteiger partial charge < -0.3 is 9.90 Å². The van der Waals surface area contributed by atoms with Crippen molar-refractivity contribution in [3.05, 3.63) is 33.9 Å². The molecule has 0 bridgehead atoms. The number of rotatable bonds is 3. The maximum absolute atomic E-state index is 10.6. The number of nitrogens with zero attached hydrogens (tertiary/aromatic N) is 2. The molecule has 1 rings (SSSR count). The van der Waals surface area contributed by atoms with Gasteiger partial charge in [-0.2, -0.15) is 5.26 Å². The Balaban J connectivity index is 0.00000225. The molecule has 16 heavy (non-hydrogen) atoms. The summed E-state index contributed by atoms with van der Waals surface area (Å²) in [5, 5.41) is 31.1. The largest absolute Gasteiger partial charge is 1.00 e. The topological polar surface area (TPSA) is 107 Å². The van der Waals surface area contributed by atoms with E-state index in [-0.39, 0.29) is 51.4 Å². The minimum atomic E-state index is -1.64. The van der Waals surface area contributed by atoms with Gasteiger partial charge >= 0.3 is 51.4 Å². The van der Waals surface area contributed by atoms with Crippen molar-refractivity contribution in [2.24, 2.45) is 0 Å². The number of carboxylic acid groups (broad SMARTS) is 1. The van der Waals surface area contributed by atoms with E-state index in [2.05, 4.69) is 0 Å². The smallest absolute Gasteiger partial charge is 0.545 e. The Kier molecular flexibility index (Phi) is 6.81. The van der Waals surface area contributed by atoms with Crippen molar-refractivity contribution in [2.45, 2.75) is 4.90 Å². The van der Waals surface area contributed by atoms with Crippen molar-refractivity contribution in [2.75, 3.05) is 0 Å². The monoisotopic (exact) mass is 262 g/mol. The quantitative estimate of drug-likeness (QED) is 0.196. The number of thiocyanates is 1. The molecule has 0 N–H and O–H groups in total. The summed E-state index contributed by atoms with van der Waals surface area (Å²) in [5.74, 6) is -1.64. The fourth-order valence-electron chi connectivity index (χ4n) is 0.954. The summed E-state index contributed by atoms with van der Waals surface area (Å²) in [5.41, 5.74) is -1.07. The first kappa shape index (κ1) is 15.6. The minimum Gasteiger partial charge on any atom is -0.545 e. The van der Waals surface area contributed by atoms with Crippen LogP contribution in [0.25, 0.3) is 0 Å². The first-order valence-corrected chi connectivity index (χ1v) is 4.43. The second-order valence-electron chi connectivity index (χ2n) is 2.42. The molecule has 0 amide bonds. The molecule has 0 aromatic heterocycles. The molecule has 6 nitrogen and oxygen atoms in total. The summed E-state index contributed by atoms with van der Waals surface area (Å²) in [4.78, 5) is 20.5. The van der Waals surface area contributed by atoms with E-state index < -0.39 is 22.1 Å². The standard InChI is InChI=1S/C8H4N2O4S.K/c9-4-15-5-1-2-7(10(13)14)6(3-5)8(11)12;/h1-3H,(H,11,12);/q;+1/p-1. The summed E-state index contributed by atoms with van der Waals surface area (Å²) < 4.78 is 0. The molecule has 1 aromatic carbocycles. The van der Waals surface area contributed by atoms with Gasteiger partial charge in [-0.05, 0) is 23.9 Å². The maximum atomic E-state index is 10.6. The Morgan fingerprint density at radius 3 is 2.56 bits per heavy atom. The van der Waals surface area contributed by atoms with Gasteiger partial charge in [0.05, 0.1) is 16.5 Å². The Morgan fingerprint density at radius 1 is 1.50 bits per heavy atom. The van der Waals surface area contributed by atoms with E-state index in [1.807, 2.05) is 0 Å². The summed E-state index contributed by atoms with van der Waals surface area (Å²) in [6, 6.07) is 3.38. The number of nitro benzene ring substituents is 1. The van der Waals surface area contributed by atoms with Crippen LogP contribution >= 0.6 is 11.8 Å². The van der Waals surface area contributed by atoms with E-state index >= 15 is 0 Å². The van der Waals surface area contributed by atoms with Gasteiger partial charge in [-0.1, -0.05) is 0 Å². The SMILES string of the molecule is N#CSc1ccc([N+](=O)[O-])c(C(=O)[O-])c1.[K+]. The van der Waals surface area contributed by atoms with Crippen LogP contribution in [0.1, 0.15) is 10.4 Å². The molecule has 0 unspecified atom stereocenters. The average molecular weight is 262 g/mol. The van der Waals surface area contributed by atoms with Crippen molar-refractivity contribution in [3.63, 3.8) is 0 Å². The molecule has 0 aliphatic rings. The number of aromatic carboxylic acids is 1. The fourth-order valence-corrected chi connectivity index (χ4v) is 1.37. The molecule has 0 aliphatic heterocycles. The van der Waals surface area contributed by atoms with Gasteiger partial charge in [0.25, 0.3) is 5.69 Å². The minimum absolute atomic E-state index is 0. The summed E-state index contributed by atoms with van der Waals surface area (Å²) in [7, 11) is 0. The molecule has 0 spiro atoms. The van der Waals surface area contributed by atoms with Gasteiger partial charge in [0.15, 0.2) is 0 Å². The van der Waals surface area contributed by atoms with Crippen LogP contribution < -0.4 is 56.5 Å². The van der Waals surface area contributed by atoms with E-state index in [0.29, 0.717) is 4.90 Å². The number of carbonyl (C=O) groups is 1. The van der Waals surface area contributed by atoms with Gasteiger partial charge in [0.1, 0.15) is 5.40 Å². The average Bonchev–Trinajstić information content (AvgIpc) is 2.17. The number of hydrogen-bond donors (Lipinski definition) is 0. The number of carboxylic acids is 1. The molecule has 0 aliphatic carbocycles. The first-order valence-electron chi connectivity index (χ1n) is 3.62. The van der Waals surface area contributed by atoms with Crippen molar-refractivity contribution in [3.8, 4) is 5.40 Å². The van der Waals surface area contributed by atoms with Crippen LogP contribution in [0.2, 0.25) is 0 Å². The van der Waals surface area contributed by atoms with Crippen LogP contribution in [0.3, 0.4) is 0 Å². The summed E-state index contributed by atoms with van der Waals surface area (Å²) in [6.07, 6.45) is 0. The molecular formula is C8H3KN2O4S. The Labute approximate surface area is 137 Å². The van der Waals surface area contributed by atoms with E-state index in [4.69, 9.17) is 5.26 Å². The van der Waals surface area contributed by atoms with Crippen LogP contribution in [0, 0.1) is 20.8 Å². The zero-order chi connectivity index (χ0) is 11.4. The van der Waals surface area contributed by atoms with Gasteiger partial charge in [-0.25, -0.2) is 0 Å². The third kappa shape index (κ3) is 3.86. The summed E-state index contributed by atoms with van der Waals surface area (Å²) in [6.45, 7) is 0. The molecule has 0 radical (unpaired) electrons. The fraction of sp³-hybridized carbons (Fsp3) is 0. The number of hydrogen-bond acceptors (Lipinski definition) is 6. The third-order valence-electron chi connectivity index (χ3n) is 1.55. The molecule has 0 fully saturated rings. The van der Waals surface area contributed by atoms with Gasteiger partial charge in [-0.15, -0.1) is 0 Å². The van der Waals surface area contributed by atoms with Crippen molar-refractivity contribution in [1.82, 2.24) is 0 Å². The molecule has 0 saturated carbocycles. The number of benzene rings is 1. The summed E-state index contributed by atoms with van der Waals surface area (Å²) >= 11 is 0.719. The number of carbonyl (C=O) groups excluding carboxylic acids is 1. The molecule has 0 heterocycles. The Hall–Kier alpha value is -0.434. The van der Waals surface area contributed by atoms with Crippen LogP contribution in [-0.2, 0) is 0 Å². The molecule has 0 atom stereocenters. The van der Waals surface area contributed by atoms with Crippen molar-refractivity contribution in [1.29, 1.82) is 5.26 Å². The Morgan fingerprint density at radius 2 is 2.12 bits per heavy atom. The van der Waals surface area contributed by atoms with Gasteiger partial charge in [0.2, 0.25) is 0 Å². The molecule has 1 aromatic rings. The van der Waals surface area contributed by atoms with E-state index in [1.165, 1.54) is 6.07 Å². The van der Waals surface area contributed by atoms with Crippen LogP contribution in [0.15, 0.2) is 23.1 Å². The molecule has 0 saturated heterocycles. The third-order valence-corrected chi connectivity index (χ3v) is 2.13. The number of nitro groups is 1. The molecular weight excluding hydrogens is 259 g/mol. The molecule has 76 valence electrons. The van der Waals surface area contributed by atoms with E-state index in [9.17, 15) is 20.0 Å². The maximum Gasteiger partial charge on any atom is 1.00 e. The normalized spacial score (nSPS) is 8.69. The molecule has 8 heteroatoms. The second kappa shape index (κ2) is 7.00. The first-order chi connectivity index (χ1) is 7.06. The van der Waals surface area contributed by atoms with Crippen LogP contribution in [-0.4, -0.2) is 10.9 Å². The van der Waals surface area contributed by atoms with E-state index in [1.54, 1.807) is 5.40 Å². The van der Waals surface area contributed by atoms with Crippen LogP contribution in [0.5, 0.6) is 0 Å². The number of nitriles is 1.